The van der Waals surface area contributed by atoms with Crippen molar-refractivity contribution in [2.24, 2.45) is 0 Å². The number of rotatable bonds is 3. The van der Waals surface area contributed by atoms with E-state index >= 15 is 0 Å². The maximum Gasteiger partial charge on any atom is 0.0556 e. The topological polar surface area (TPSA) is 32.3 Å². The fourth-order valence-electron chi connectivity index (χ4n) is 1.74. The first kappa shape index (κ1) is 16.4. The molecule has 0 aromatic heterocycles. The van der Waals surface area contributed by atoms with E-state index in [0.29, 0.717) is 0 Å². The van der Waals surface area contributed by atoms with Crippen LogP contribution in [-0.4, -0.2) is 18.3 Å². The summed E-state index contributed by atoms with van der Waals surface area (Å²) in [7, 11) is 0. The van der Waals surface area contributed by atoms with Gasteiger partial charge in [-0.1, -0.05) is 47.0 Å². The summed E-state index contributed by atoms with van der Waals surface area (Å²) in [6, 6.07) is 1.46. The van der Waals surface area contributed by atoms with Crippen LogP contribution in [0.3, 0.4) is 0 Å². The van der Waals surface area contributed by atoms with Crippen molar-refractivity contribution < 1.29 is 5.11 Å². The maximum atomic E-state index is 8.65. The minimum atomic E-state index is 0. The molecule has 1 saturated carbocycles. The molecule has 2 nitrogen and oxygen atoms in total. The Morgan fingerprint density at radius 1 is 0.929 bits per heavy atom. The summed E-state index contributed by atoms with van der Waals surface area (Å²) in [6.45, 7) is 0.985. The normalized spacial score (nSPS) is 18.6. The van der Waals surface area contributed by atoms with Crippen LogP contribution in [-0.2, 0) is 0 Å². The van der Waals surface area contributed by atoms with E-state index in [-0.39, 0.29) is 21.5 Å². The largest absolute Gasteiger partial charge is 0.395 e. The van der Waals surface area contributed by atoms with Gasteiger partial charge < -0.3 is 10.4 Å². The van der Waals surface area contributed by atoms with Gasteiger partial charge in [-0.15, -0.1) is 0 Å². The Morgan fingerprint density at radius 2 is 1.43 bits per heavy atom. The van der Waals surface area contributed by atoms with E-state index < -0.39 is 0 Å². The summed E-state index contributed by atoms with van der Waals surface area (Å²) in [5.41, 5.74) is 0. The Labute approximate surface area is 90.1 Å². The second kappa shape index (κ2) is 11.0. The lowest BCUT2D eigenvalue weighted by Gasteiger charge is -2.19. The van der Waals surface area contributed by atoms with E-state index in [9.17, 15) is 0 Å². The van der Waals surface area contributed by atoms with Gasteiger partial charge in [0, 0.05) is 12.6 Å². The number of hydrogen-bond acceptors (Lipinski definition) is 2. The van der Waals surface area contributed by atoms with Crippen LogP contribution >= 0.6 is 0 Å². The van der Waals surface area contributed by atoms with Crippen molar-refractivity contribution >= 4 is 0 Å². The van der Waals surface area contributed by atoms with Crippen molar-refractivity contribution in [2.75, 3.05) is 13.2 Å². The molecule has 5 radical (unpaired) electrons. The Morgan fingerprint density at radius 3 is 1.93 bits per heavy atom. The Balaban J connectivity index is 0. The smallest absolute Gasteiger partial charge is 0.0556 e. The Bertz CT molecular complexity index is 95.7. The minimum absolute atomic E-state index is 0. The third-order valence-electron chi connectivity index (χ3n) is 2.44. The van der Waals surface area contributed by atoms with Gasteiger partial charge in [0.15, 0.2) is 0 Å². The predicted octanol–water partition coefficient (Wildman–Crippen LogP) is 2.50. The molecule has 0 spiro atoms. The van der Waals surface area contributed by atoms with Crippen LogP contribution in [0.15, 0.2) is 0 Å². The molecule has 1 aliphatic rings. The molecule has 0 aromatic carbocycles. The summed E-state index contributed by atoms with van der Waals surface area (Å²) >= 11 is 0. The van der Waals surface area contributed by atoms with Gasteiger partial charge >= 0.3 is 0 Å². The number of aliphatic hydroxyl groups excluding tert-OH is 1. The summed E-state index contributed by atoms with van der Waals surface area (Å²) < 4.78 is 0. The van der Waals surface area contributed by atoms with Crippen LogP contribution in [0, 0.1) is 20.9 Å². The SMILES string of the molecule is OCCN[C]1CCCCCCC1.[CH2].[CH2]. The van der Waals surface area contributed by atoms with Crippen molar-refractivity contribution in [1.29, 1.82) is 0 Å². The van der Waals surface area contributed by atoms with Gasteiger partial charge in [-0.2, -0.15) is 0 Å². The highest BCUT2D eigenvalue weighted by molar-refractivity contribution is 4.87. The van der Waals surface area contributed by atoms with E-state index in [2.05, 4.69) is 5.32 Å². The van der Waals surface area contributed by atoms with Gasteiger partial charge in [0.25, 0.3) is 0 Å². The lowest BCUT2D eigenvalue weighted by Crippen LogP contribution is -2.24. The first-order valence-corrected chi connectivity index (χ1v) is 5.13. The zero-order chi connectivity index (χ0) is 8.65. The Kier molecular flexibility index (Phi) is 12.8. The average molecular weight is 198 g/mol. The molecular formula is C12H24NO. The number of aliphatic hydroxyl groups is 1. The van der Waals surface area contributed by atoms with Crippen LogP contribution in [0.1, 0.15) is 44.9 Å². The van der Waals surface area contributed by atoms with Crippen molar-refractivity contribution in [1.82, 2.24) is 5.32 Å². The number of hydrogen-bond donors (Lipinski definition) is 2. The zero-order valence-electron chi connectivity index (χ0n) is 9.23. The molecular weight excluding hydrogens is 174 g/mol. The average Bonchev–Trinajstić information content (AvgIpc) is 2.02. The van der Waals surface area contributed by atoms with Crippen molar-refractivity contribution in [3.63, 3.8) is 0 Å². The molecule has 0 aliphatic heterocycles. The van der Waals surface area contributed by atoms with Crippen molar-refractivity contribution in [2.45, 2.75) is 44.9 Å². The molecule has 0 amide bonds. The van der Waals surface area contributed by atoms with Gasteiger partial charge in [-0.25, -0.2) is 0 Å². The van der Waals surface area contributed by atoms with E-state index in [4.69, 9.17) is 5.11 Å². The first-order valence-electron chi connectivity index (χ1n) is 5.13. The standard InChI is InChI=1S/C10H20NO.2CH2/c12-9-8-11-10-6-4-2-1-3-5-7-10;;/h11-12H,1-9H2;2*1H2. The van der Waals surface area contributed by atoms with Crippen LogP contribution in [0.2, 0.25) is 0 Å². The van der Waals surface area contributed by atoms with E-state index in [1.807, 2.05) is 0 Å². The van der Waals surface area contributed by atoms with E-state index in [0.717, 1.165) is 6.54 Å². The molecule has 0 unspecified atom stereocenters. The molecule has 83 valence electrons. The molecule has 2 N–H and O–H groups in total. The summed E-state index contributed by atoms with van der Waals surface area (Å²) in [4.78, 5) is 0. The molecule has 1 fully saturated rings. The summed E-state index contributed by atoms with van der Waals surface area (Å²) in [6.07, 6.45) is 9.27. The minimum Gasteiger partial charge on any atom is -0.395 e. The maximum absolute atomic E-state index is 8.65. The quantitative estimate of drug-likeness (QED) is 0.730. The summed E-state index contributed by atoms with van der Waals surface area (Å²) in [5.74, 6) is 0. The fraction of sp³-hybridized carbons (Fsp3) is 0.750. The molecule has 0 saturated heterocycles. The molecule has 1 rings (SSSR count). The highest BCUT2D eigenvalue weighted by Gasteiger charge is 2.10. The third-order valence-corrected chi connectivity index (χ3v) is 2.44. The lowest BCUT2D eigenvalue weighted by molar-refractivity contribution is 0.289. The highest BCUT2D eigenvalue weighted by atomic mass is 16.3. The van der Waals surface area contributed by atoms with Gasteiger partial charge in [0.2, 0.25) is 0 Å². The van der Waals surface area contributed by atoms with Gasteiger partial charge in [-0.3, -0.25) is 0 Å². The molecule has 2 heteroatoms. The zero-order valence-corrected chi connectivity index (χ0v) is 9.23. The first-order chi connectivity index (χ1) is 5.93. The fourth-order valence-corrected chi connectivity index (χ4v) is 1.74. The predicted molar refractivity (Wildman–Crippen MR) is 61.4 cm³/mol. The second-order valence-electron chi connectivity index (χ2n) is 3.52. The van der Waals surface area contributed by atoms with Gasteiger partial charge in [-0.05, 0) is 12.8 Å². The molecule has 0 heterocycles. The van der Waals surface area contributed by atoms with Crippen LogP contribution < -0.4 is 5.32 Å². The molecule has 0 aromatic rings. The third kappa shape index (κ3) is 7.34. The van der Waals surface area contributed by atoms with Crippen molar-refractivity contribution in [3.05, 3.63) is 20.9 Å². The van der Waals surface area contributed by atoms with Gasteiger partial charge in [0.05, 0.1) is 6.61 Å². The monoisotopic (exact) mass is 198 g/mol. The van der Waals surface area contributed by atoms with Gasteiger partial charge in [0.1, 0.15) is 0 Å². The van der Waals surface area contributed by atoms with Crippen LogP contribution in [0.25, 0.3) is 0 Å². The Hall–Kier alpha value is -0.0800. The molecule has 0 bridgehead atoms. The van der Waals surface area contributed by atoms with Crippen LogP contribution in [0.4, 0.5) is 0 Å². The highest BCUT2D eigenvalue weighted by Crippen LogP contribution is 2.21. The molecule has 14 heavy (non-hydrogen) atoms. The second-order valence-corrected chi connectivity index (χ2v) is 3.52. The van der Waals surface area contributed by atoms with Crippen molar-refractivity contribution in [3.8, 4) is 0 Å². The lowest BCUT2D eigenvalue weighted by atomic mass is 9.97. The van der Waals surface area contributed by atoms with Crippen LogP contribution in [0.5, 0.6) is 0 Å². The number of nitrogens with one attached hydrogen (secondary N) is 1. The van der Waals surface area contributed by atoms with E-state index in [1.54, 1.807) is 0 Å². The summed E-state index contributed by atoms with van der Waals surface area (Å²) in [5, 5.41) is 12.0. The molecule has 0 atom stereocenters. The van der Waals surface area contributed by atoms with E-state index in [1.165, 1.54) is 51.0 Å². The molecule has 1 aliphatic carbocycles.